The molecule has 0 N–H and O–H groups in total. The van der Waals surface area contributed by atoms with Crippen LogP contribution in [-0.2, 0) is 0 Å². The maximum Gasteiger partial charge on any atom is 0.000234 e. The van der Waals surface area contributed by atoms with Gasteiger partial charge in [0, 0.05) is 5.41 Å². The predicted octanol–water partition coefficient (Wildman–Crippen LogP) is 5.73. The molecule has 4 aliphatic carbocycles. The second-order valence-corrected chi connectivity index (χ2v) is 8.58. The Morgan fingerprint density at radius 2 is 1.74 bits per heavy atom. The number of fused-ring (bicyclic) bond motifs is 1. The molecule has 106 valence electrons. The topological polar surface area (TPSA) is 0 Å². The van der Waals surface area contributed by atoms with E-state index in [9.17, 15) is 0 Å². The van der Waals surface area contributed by atoms with Crippen molar-refractivity contribution < 1.29 is 0 Å². The van der Waals surface area contributed by atoms with E-state index in [4.69, 9.17) is 0 Å². The highest BCUT2D eigenvalue weighted by atomic mass is 14.7. The fraction of sp³-hybridized carbons (Fsp3) is 0.895. The average molecular weight is 258 g/mol. The number of rotatable bonds is 1. The molecule has 4 aliphatic rings. The van der Waals surface area contributed by atoms with Crippen LogP contribution in [0.4, 0.5) is 0 Å². The van der Waals surface area contributed by atoms with Crippen molar-refractivity contribution in [3.05, 3.63) is 11.1 Å². The summed E-state index contributed by atoms with van der Waals surface area (Å²) in [5.41, 5.74) is 4.97. The smallest absolute Gasteiger partial charge is 0.000234 e. The lowest BCUT2D eigenvalue weighted by Gasteiger charge is -2.54. The molecule has 0 aromatic rings. The van der Waals surface area contributed by atoms with Crippen LogP contribution >= 0.6 is 0 Å². The van der Waals surface area contributed by atoms with E-state index in [0.29, 0.717) is 10.8 Å². The summed E-state index contributed by atoms with van der Waals surface area (Å²) < 4.78 is 0. The molecule has 2 bridgehead atoms. The zero-order chi connectivity index (χ0) is 13.3. The van der Waals surface area contributed by atoms with Gasteiger partial charge < -0.3 is 0 Å². The van der Waals surface area contributed by atoms with Gasteiger partial charge in [0.15, 0.2) is 0 Å². The molecule has 0 radical (unpaired) electrons. The van der Waals surface area contributed by atoms with Crippen molar-refractivity contribution >= 4 is 0 Å². The molecule has 0 aliphatic heterocycles. The molecule has 0 aromatic carbocycles. The summed E-state index contributed by atoms with van der Waals surface area (Å²) in [6.07, 6.45) is 13.6. The SMILES string of the molecule is CC1=C2CC3CCC(C4CCCC4)C2(CC1)C3(C)C. The lowest BCUT2D eigenvalue weighted by atomic mass is 9.50. The maximum absolute atomic E-state index is 2.63. The highest BCUT2D eigenvalue weighted by molar-refractivity contribution is 5.38. The van der Waals surface area contributed by atoms with Gasteiger partial charge in [0.25, 0.3) is 0 Å². The van der Waals surface area contributed by atoms with E-state index in [0.717, 1.165) is 17.8 Å². The van der Waals surface area contributed by atoms with Crippen LogP contribution in [0.15, 0.2) is 11.1 Å². The summed E-state index contributed by atoms with van der Waals surface area (Å²) in [6.45, 7) is 7.71. The minimum atomic E-state index is 0.589. The van der Waals surface area contributed by atoms with E-state index in [1.54, 1.807) is 24.8 Å². The molecule has 0 aromatic heterocycles. The van der Waals surface area contributed by atoms with Crippen molar-refractivity contribution in [3.8, 4) is 0 Å². The fourth-order valence-electron chi connectivity index (χ4n) is 6.98. The Labute approximate surface area is 119 Å². The lowest BCUT2D eigenvalue weighted by Crippen LogP contribution is -2.48. The fourth-order valence-corrected chi connectivity index (χ4v) is 6.98. The van der Waals surface area contributed by atoms with Crippen molar-refractivity contribution in [2.45, 2.75) is 78.6 Å². The van der Waals surface area contributed by atoms with E-state index >= 15 is 0 Å². The second-order valence-electron chi connectivity index (χ2n) is 8.58. The third-order valence-electron chi connectivity index (χ3n) is 8.00. The molecule has 19 heavy (non-hydrogen) atoms. The third kappa shape index (κ3) is 1.37. The molecular formula is C19H30. The third-order valence-corrected chi connectivity index (χ3v) is 8.00. The van der Waals surface area contributed by atoms with Gasteiger partial charge in [-0.15, -0.1) is 0 Å². The molecule has 3 atom stereocenters. The molecule has 3 fully saturated rings. The minimum absolute atomic E-state index is 0.589. The van der Waals surface area contributed by atoms with E-state index in [2.05, 4.69) is 20.8 Å². The monoisotopic (exact) mass is 258 g/mol. The van der Waals surface area contributed by atoms with Crippen molar-refractivity contribution in [3.63, 3.8) is 0 Å². The van der Waals surface area contributed by atoms with E-state index < -0.39 is 0 Å². The normalized spacial score (nSPS) is 45.0. The Kier molecular flexibility index (Phi) is 2.56. The molecule has 4 rings (SSSR count). The Morgan fingerprint density at radius 1 is 1.00 bits per heavy atom. The summed E-state index contributed by atoms with van der Waals surface area (Å²) >= 11 is 0. The number of hydrogen-bond donors (Lipinski definition) is 0. The predicted molar refractivity (Wildman–Crippen MR) is 80.9 cm³/mol. The molecule has 3 saturated carbocycles. The molecule has 0 amide bonds. The summed E-state index contributed by atoms with van der Waals surface area (Å²) in [7, 11) is 0. The maximum atomic E-state index is 2.63. The van der Waals surface area contributed by atoms with Crippen LogP contribution in [0, 0.1) is 28.6 Å². The summed E-state index contributed by atoms with van der Waals surface area (Å²) in [5, 5.41) is 0. The van der Waals surface area contributed by atoms with Gasteiger partial charge in [-0.25, -0.2) is 0 Å². The first-order valence-corrected chi connectivity index (χ1v) is 8.76. The molecule has 0 saturated heterocycles. The molecular weight excluding hydrogens is 228 g/mol. The summed E-state index contributed by atoms with van der Waals surface area (Å²) in [6, 6.07) is 0. The largest absolute Gasteiger partial charge is 0.0735 e. The van der Waals surface area contributed by atoms with Gasteiger partial charge in [0.05, 0.1) is 0 Å². The van der Waals surface area contributed by atoms with E-state index in [1.165, 1.54) is 38.5 Å². The first-order chi connectivity index (χ1) is 9.07. The standard InChI is InChI=1S/C19H30/c1-13-10-11-19-16(14-6-4-5-7-14)9-8-15(12-17(13)19)18(19,2)3/h14-16H,4-12H2,1-3H3. The molecule has 0 nitrogen and oxygen atoms in total. The first kappa shape index (κ1) is 12.5. The zero-order valence-electron chi connectivity index (χ0n) is 13.1. The van der Waals surface area contributed by atoms with Gasteiger partial charge in [0.2, 0.25) is 0 Å². The van der Waals surface area contributed by atoms with Gasteiger partial charge >= 0.3 is 0 Å². The lowest BCUT2D eigenvalue weighted by molar-refractivity contribution is -0.0404. The molecule has 1 spiro atoms. The molecule has 0 heterocycles. The van der Waals surface area contributed by atoms with Crippen LogP contribution in [0.3, 0.4) is 0 Å². The number of hydrogen-bond acceptors (Lipinski definition) is 0. The van der Waals surface area contributed by atoms with E-state index in [1.807, 2.05) is 5.57 Å². The Balaban J connectivity index is 1.82. The van der Waals surface area contributed by atoms with Crippen LogP contribution < -0.4 is 0 Å². The van der Waals surface area contributed by atoms with Crippen molar-refractivity contribution in [1.29, 1.82) is 0 Å². The summed E-state index contributed by atoms with van der Waals surface area (Å²) in [5.74, 6) is 3.10. The van der Waals surface area contributed by atoms with Gasteiger partial charge in [-0.3, -0.25) is 0 Å². The minimum Gasteiger partial charge on any atom is -0.0735 e. The Bertz CT molecular complexity index is 421. The average Bonchev–Trinajstić information content (AvgIpc) is 3.00. The van der Waals surface area contributed by atoms with Crippen LogP contribution in [0.5, 0.6) is 0 Å². The number of allylic oxidation sites excluding steroid dienone is 2. The van der Waals surface area contributed by atoms with Crippen LogP contribution in [0.2, 0.25) is 0 Å². The Morgan fingerprint density at radius 3 is 2.47 bits per heavy atom. The van der Waals surface area contributed by atoms with Crippen LogP contribution in [0.25, 0.3) is 0 Å². The second kappa shape index (κ2) is 3.89. The Hall–Kier alpha value is -0.260. The first-order valence-electron chi connectivity index (χ1n) is 8.76. The van der Waals surface area contributed by atoms with Crippen molar-refractivity contribution in [2.24, 2.45) is 28.6 Å². The molecule has 0 heteroatoms. The van der Waals surface area contributed by atoms with Crippen LogP contribution in [-0.4, -0.2) is 0 Å². The van der Waals surface area contributed by atoms with Crippen molar-refractivity contribution in [1.82, 2.24) is 0 Å². The van der Waals surface area contributed by atoms with Crippen molar-refractivity contribution in [2.75, 3.05) is 0 Å². The molecule has 3 unspecified atom stereocenters. The van der Waals surface area contributed by atoms with Gasteiger partial charge in [-0.2, -0.15) is 0 Å². The summed E-state index contributed by atoms with van der Waals surface area (Å²) in [4.78, 5) is 0. The van der Waals surface area contributed by atoms with Gasteiger partial charge in [-0.1, -0.05) is 50.7 Å². The highest BCUT2D eigenvalue weighted by Crippen LogP contribution is 2.74. The van der Waals surface area contributed by atoms with Gasteiger partial charge in [-0.05, 0) is 62.2 Å². The van der Waals surface area contributed by atoms with Gasteiger partial charge in [0.1, 0.15) is 0 Å². The zero-order valence-corrected chi connectivity index (χ0v) is 13.1. The highest BCUT2D eigenvalue weighted by Gasteiger charge is 2.65. The quantitative estimate of drug-likeness (QED) is 0.527. The van der Waals surface area contributed by atoms with E-state index in [-0.39, 0.29) is 0 Å². The van der Waals surface area contributed by atoms with Crippen LogP contribution in [0.1, 0.15) is 78.6 Å².